The van der Waals surface area contributed by atoms with Gasteiger partial charge in [0.05, 0.1) is 5.69 Å². The Morgan fingerprint density at radius 3 is 2.55 bits per heavy atom. The first-order valence-electron chi connectivity index (χ1n) is 10.5. The van der Waals surface area contributed by atoms with Crippen molar-refractivity contribution in [1.29, 1.82) is 0 Å². The molecule has 5 aromatic rings. The number of carboxylic acids is 1. The van der Waals surface area contributed by atoms with Gasteiger partial charge in [-0.05, 0) is 30.7 Å². The zero-order valence-corrected chi connectivity index (χ0v) is 17.9. The van der Waals surface area contributed by atoms with Gasteiger partial charge in [-0.2, -0.15) is 4.98 Å². The highest BCUT2D eigenvalue weighted by Gasteiger charge is 2.16. The molecule has 0 bridgehead atoms. The highest BCUT2D eigenvalue weighted by atomic mass is 16.5. The van der Waals surface area contributed by atoms with Crippen molar-refractivity contribution in [2.45, 2.75) is 13.5 Å². The van der Waals surface area contributed by atoms with Gasteiger partial charge in [-0.1, -0.05) is 54.6 Å². The first kappa shape index (κ1) is 20.5. The summed E-state index contributed by atoms with van der Waals surface area (Å²) >= 11 is 0. The van der Waals surface area contributed by atoms with Gasteiger partial charge in [0.25, 0.3) is 0 Å². The normalized spacial score (nSPS) is 11.1. The van der Waals surface area contributed by atoms with Crippen LogP contribution in [0.2, 0.25) is 0 Å². The molecular formula is C26H21N3O4. The molecule has 0 atom stereocenters. The van der Waals surface area contributed by atoms with Gasteiger partial charge in [-0.25, -0.2) is 9.78 Å². The van der Waals surface area contributed by atoms with E-state index >= 15 is 0 Å². The number of hydrogen-bond acceptors (Lipinski definition) is 6. The largest absolute Gasteiger partial charge is 0.479 e. The number of ether oxygens (including phenoxy) is 1. The summed E-state index contributed by atoms with van der Waals surface area (Å²) in [6, 6.07) is 23.5. The summed E-state index contributed by atoms with van der Waals surface area (Å²) in [4.78, 5) is 20.2. The van der Waals surface area contributed by atoms with Gasteiger partial charge < -0.3 is 19.6 Å². The van der Waals surface area contributed by atoms with Gasteiger partial charge in [0, 0.05) is 22.9 Å². The molecule has 7 nitrogen and oxygen atoms in total. The van der Waals surface area contributed by atoms with Crippen LogP contribution in [0.1, 0.15) is 11.3 Å². The van der Waals surface area contributed by atoms with E-state index in [2.05, 4.69) is 21.4 Å². The second-order valence-electron chi connectivity index (χ2n) is 7.64. The maximum atomic E-state index is 11.1. The lowest BCUT2D eigenvalue weighted by Crippen LogP contribution is -2.14. The molecule has 0 fully saturated rings. The molecule has 0 unspecified atom stereocenters. The molecule has 7 heteroatoms. The van der Waals surface area contributed by atoms with E-state index in [1.165, 1.54) is 0 Å². The van der Waals surface area contributed by atoms with Gasteiger partial charge >= 0.3 is 5.97 Å². The lowest BCUT2D eigenvalue weighted by Gasteiger charge is -2.15. The summed E-state index contributed by atoms with van der Waals surface area (Å²) in [6.07, 6.45) is 0. The summed E-state index contributed by atoms with van der Waals surface area (Å²) in [5.74, 6) is -0.389. The molecule has 2 N–H and O–H groups in total. The van der Waals surface area contributed by atoms with Crippen LogP contribution in [-0.2, 0) is 11.3 Å². The Bertz CT molecular complexity index is 1460. The number of aliphatic carboxylic acids is 1. The van der Waals surface area contributed by atoms with Crippen molar-refractivity contribution < 1.29 is 19.1 Å². The van der Waals surface area contributed by atoms with Crippen LogP contribution in [0.25, 0.3) is 33.3 Å². The summed E-state index contributed by atoms with van der Waals surface area (Å²) in [5, 5.41) is 14.5. The lowest BCUT2D eigenvalue weighted by molar-refractivity contribution is -0.139. The monoisotopic (exact) mass is 439 g/mol. The number of furan rings is 1. The minimum Gasteiger partial charge on any atom is -0.479 e. The standard InChI is InChI=1S/C26H21N3O4/c1-16-24(26(32-15-23(30)31)29-25(28-16)18-7-3-2-4-8-18)27-14-17-11-12-22-20(13-17)19-9-5-6-10-21(19)33-22/h2-13,27H,14-15H2,1H3,(H,30,31). The predicted octanol–water partition coefficient (Wildman–Crippen LogP) is 5.43. The minimum atomic E-state index is -1.07. The second-order valence-corrected chi connectivity index (χ2v) is 7.64. The molecule has 0 spiro atoms. The molecule has 0 aliphatic carbocycles. The van der Waals surface area contributed by atoms with Crippen LogP contribution in [0, 0.1) is 6.92 Å². The third-order valence-electron chi connectivity index (χ3n) is 5.33. The molecule has 0 aliphatic rings. The minimum absolute atomic E-state index is 0.207. The second kappa shape index (κ2) is 8.63. The Hall–Kier alpha value is -4.39. The maximum absolute atomic E-state index is 11.1. The van der Waals surface area contributed by atoms with Crippen LogP contribution >= 0.6 is 0 Å². The van der Waals surface area contributed by atoms with Gasteiger partial charge in [-0.3, -0.25) is 0 Å². The summed E-state index contributed by atoms with van der Waals surface area (Å²) < 4.78 is 11.4. The van der Waals surface area contributed by atoms with Crippen molar-refractivity contribution in [2.24, 2.45) is 0 Å². The molecule has 0 aliphatic heterocycles. The fraction of sp³-hybridized carbons (Fsp3) is 0.115. The average molecular weight is 439 g/mol. The van der Waals surface area contributed by atoms with Crippen molar-refractivity contribution >= 4 is 33.6 Å². The van der Waals surface area contributed by atoms with Crippen LogP contribution in [0.4, 0.5) is 5.69 Å². The van der Waals surface area contributed by atoms with E-state index in [-0.39, 0.29) is 5.88 Å². The molecule has 5 rings (SSSR count). The highest BCUT2D eigenvalue weighted by molar-refractivity contribution is 6.05. The predicted molar refractivity (Wildman–Crippen MR) is 126 cm³/mol. The fourth-order valence-electron chi connectivity index (χ4n) is 3.77. The van der Waals surface area contributed by atoms with E-state index in [9.17, 15) is 4.79 Å². The quantitative estimate of drug-likeness (QED) is 0.349. The van der Waals surface area contributed by atoms with Crippen molar-refractivity contribution in [2.75, 3.05) is 11.9 Å². The van der Waals surface area contributed by atoms with Crippen molar-refractivity contribution in [3.63, 3.8) is 0 Å². The molecule has 2 heterocycles. The summed E-state index contributed by atoms with van der Waals surface area (Å²) in [6.45, 7) is 1.83. The van der Waals surface area contributed by atoms with E-state index in [4.69, 9.17) is 14.3 Å². The topological polar surface area (TPSA) is 97.5 Å². The SMILES string of the molecule is Cc1nc(-c2ccccc2)nc(OCC(=O)O)c1NCc1ccc2oc3ccccc3c2c1. The number of aryl methyl sites for hydroxylation is 1. The van der Waals surface area contributed by atoms with Crippen molar-refractivity contribution in [3.8, 4) is 17.3 Å². The maximum Gasteiger partial charge on any atom is 0.341 e. The number of nitrogens with one attached hydrogen (secondary N) is 1. The number of nitrogens with zero attached hydrogens (tertiary/aromatic N) is 2. The summed E-state index contributed by atoms with van der Waals surface area (Å²) in [5.41, 5.74) is 4.77. The number of hydrogen-bond donors (Lipinski definition) is 2. The van der Waals surface area contributed by atoms with Crippen LogP contribution in [0.5, 0.6) is 5.88 Å². The number of anilines is 1. The molecule has 2 aromatic heterocycles. The molecule has 3 aromatic carbocycles. The number of rotatable bonds is 7. The molecule has 164 valence electrons. The van der Waals surface area contributed by atoms with Gasteiger partial charge in [0.1, 0.15) is 16.9 Å². The first-order chi connectivity index (χ1) is 16.1. The molecule has 0 saturated heterocycles. The van der Waals surface area contributed by atoms with Gasteiger partial charge in [0.15, 0.2) is 12.4 Å². The Kier molecular flexibility index (Phi) is 5.36. The molecule has 0 radical (unpaired) electrons. The van der Waals surface area contributed by atoms with E-state index in [1.54, 1.807) is 0 Å². The fourth-order valence-corrected chi connectivity index (χ4v) is 3.77. The van der Waals surface area contributed by atoms with Crippen LogP contribution in [0.15, 0.2) is 77.2 Å². The Balaban J connectivity index is 1.46. The van der Waals surface area contributed by atoms with Crippen molar-refractivity contribution in [3.05, 3.63) is 84.1 Å². The van der Waals surface area contributed by atoms with Crippen molar-refractivity contribution in [1.82, 2.24) is 9.97 Å². The Morgan fingerprint density at radius 2 is 1.73 bits per heavy atom. The number of carbonyl (C=O) groups is 1. The highest BCUT2D eigenvalue weighted by Crippen LogP contribution is 2.31. The molecule has 0 amide bonds. The molecular weight excluding hydrogens is 418 g/mol. The van der Waals surface area contributed by atoms with Gasteiger partial charge in [0.2, 0.25) is 5.88 Å². The molecule has 0 saturated carbocycles. The van der Waals surface area contributed by atoms with Crippen LogP contribution in [0.3, 0.4) is 0 Å². The number of aromatic nitrogens is 2. The number of fused-ring (bicyclic) bond motifs is 3. The number of benzene rings is 3. The van der Waals surface area contributed by atoms with E-state index in [0.29, 0.717) is 23.8 Å². The Labute approximate surface area is 189 Å². The third-order valence-corrected chi connectivity index (χ3v) is 5.33. The summed E-state index contributed by atoms with van der Waals surface area (Å²) in [7, 11) is 0. The van der Waals surface area contributed by atoms with E-state index < -0.39 is 12.6 Å². The molecule has 33 heavy (non-hydrogen) atoms. The third kappa shape index (κ3) is 4.21. The Morgan fingerprint density at radius 1 is 0.970 bits per heavy atom. The zero-order valence-electron chi connectivity index (χ0n) is 17.9. The zero-order chi connectivity index (χ0) is 22.8. The van der Waals surface area contributed by atoms with Crippen LogP contribution in [-0.4, -0.2) is 27.7 Å². The number of para-hydroxylation sites is 1. The van der Waals surface area contributed by atoms with E-state index in [1.807, 2.05) is 73.7 Å². The lowest BCUT2D eigenvalue weighted by atomic mass is 10.1. The van der Waals surface area contributed by atoms with Gasteiger partial charge in [-0.15, -0.1) is 0 Å². The van der Waals surface area contributed by atoms with Crippen LogP contribution < -0.4 is 10.1 Å². The number of carboxylic acid groups (broad SMARTS) is 1. The smallest absolute Gasteiger partial charge is 0.341 e. The first-order valence-corrected chi connectivity index (χ1v) is 10.5. The average Bonchev–Trinajstić information content (AvgIpc) is 3.20. The van der Waals surface area contributed by atoms with E-state index in [0.717, 1.165) is 33.1 Å².